The lowest BCUT2D eigenvalue weighted by atomic mass is 9.94. The van der Waals surface area contributed by atoms with Crippen molar-refractivity contribution in [3.63, 3.8) is 0 Å². The van der Waals surface area contributed by atoms with Gasteiger partial charge in [-0.2, -0.15) is 0 Å². The number of hydrogen-bond acceptors (Lipinski definition) is 5. The van der Waals surface area contributed by atoms with E-state index in [2.05, 4.69) is 69.0 Å². The normalized spacial score (nSPS) is 17.3. The van der Waals surface area contributed by atoms with Crippen LogP contribution in [0.2, 0.25) is 0 Å². The summed E-state index contributed by atoms with van der Waals surface area (Å²) >= 11 is 0. The molecule has 6 nitrogen and oxygen atoms in total. The molecular weight excluding hydrogens is 338 g/mol. The van der Waals surface area contributed by atoms with Gasteiger partial charge in [0.05, 0.1) is 11.7 Å². The van der Waals surface area contributed by atoms with Crippen LogP contribution in [0.1, 0.15) is 40.2 Å². The molecule has 1 unspecified atom stereocenters. The largest absolute Gasteiger partial charge is 0.424 e. The van der Waals surface area contributed by atoms with Gasteiger partial charge in [0.15, 0.2) is 0 Å². The third-order valence-corrected chi connectivity index (χ3v) is 5.27. The van der Waals surface area contributed by atoms with Gasteiger partial charge in [-0.05, 0) is 36.1 Å². The summed E-state index contributed by atoms with van der Waals surface area (Å²) in [5, 5.41) is 8.35. The SMILES string of the molecule is Cc1nnc(C2Cc3ccccc3CN2Cc2cn3cccc(C)c3n2)o1. The van der Waals surface area contributed by atoms with Crippen molar-refractivity contribution in [1.82, 2.24) is 24.5 Å². The summed E-state index contributed by atoms with van der Waals surface area (Å²) in [4.78, 5) is 7.23. The summed E-state index contributed by atoms with van der Waals surface area (Å²) in [6, 6.07) is 12.8. The zero-order chi connectivity index (χ0) is 18.4. The van der Waals surface area contributed by atoms with Crippen LogP contribution in [0.25, 0.3) is 5.65 Å². The summed E-state index contributed by atoms with van der Waals surface area (Å²) in [6.07, 6.45) is 5.02. The lowest BCUT2D eigenvalue weighted by Gasteiger charge is -2.34. The smallest absolute Gasteiger partial charge is 0.233 e. The van der Waals surface area contributed by atoms with Crippen LogP contribution in [0.15, 0.2) is 53.2 Å². The number of fused-ring (bicyclic) bond motifs is 2. The Morgan fingerprint density at radius 3 is 2.70 bits per heavy atom. The molecule has 0 fully saturated rings. The van der Waals surface area contributed by atoms with Crippen LogP contribution >= 0.6 is 0 Å². The fourth-order valence-electron chi connectivity index (χ4n) is 3.92. The van der Waals surface area contributed by atoms with Crippen molar-refractivity contribution in [2.75, 3.05) is 0 Å². The zero-order valence-corrected chi connectivity index (χ0v) is 15.5. The first kappa shape index (κ1) is 16.2. The highest BCUT2D eigenvalue weighted by molar-refractivity contribution is 5.47. The number of imidazole rings is 1. The second kappa shape index (κ2) is 6.32. The molecule has 0 aliphatic carbocycles. The van der Waals surface area contributed by atoms with Gasteiger partial charge in [-0.1, -0.05) is 30.3 Å². The van der Waals surface area contributed by atoms with Crippen molar-refractivity contribution in [3.05, 3.63) is 83.0 Å². The van der Waals surface area contributed by atoms with E-state index in [0.29, 0.717) is 11.8 Å². The minimum atomic E-state index is 0.0620. The Kier molecular flexibility index (Phi) is 3.79. The van der Waals surface area contributed by atoms with Gasteiger partial charge >= 0.3 is 0 Å². The molecule has 1 atom stereocenters. The second-order valence-electron chi connectivity index (χ2n) is 7.21. The lowest BCUT2D eigenvalue weighted by molar-refractivity contribution is 0.136. The van der Waals surface area contributed by atoms with E-state index in [1.807, 2.05) is 13.1 Å². The van der Waals surface area contributed by atoms with Crippen LogP contribution < -0.4 is 0 Å². The zero-order valence-electron chi connectivity index (χ0n) is 15.5. The molecule has 0 saturated carbocycles. The van der Waals surface area contributed by atoms with Crippen LogP contribution in [0.5, 0.6) is 0 Å². The molecule has 3 aromatic heterocycles. The van der Waals surface area contributed by atoms with Crippen LogP contribution in [0.4, 0.5) is 0 Å². The summed E-state index contributed by atoms with van der Waals surface area (Å²) in [5.74, 6) is 1.29. The average Bonchev–Trinajstić information content (AvgIpc) is 3.28. The van der Waals surface area contributed by atoms with Crippen LogP contribution in [0, 0.1) is 13.8 Å². The van der Waals surface area contributed by atoms with Crippen molar-refractivity contribution in [3.8, 4) is 0 Å². The van der Waals surface area contributed by atoms with E-state index >= 15 is 0 Å². The summed E-state index contributed by atoms with van der Waals surface area (Å²) in [6.45, 7) is 5.51. The molecule has 1 aromatic carbocycles. The molecule has 1 aliphatic heterocycles. The molecule has 0 spiro atoms. The molecular formula is C21H21N5O. The average molecular weight is 359 g/mol. The molecule has 5 rings (SSSR count). The molecule has 4 aromatic rings. The van der Waals surface area contributed by atoms with Crippen molar-refractivity contribution in [1.29, 1.82) is 0 Å². The van der Waals surface area contributed by atoms with E-state index in [-0.39, 0.29) is 6.04 Å². The topological polar surface area (TPSA) is 59.5 Å². The lowest BCUT2D eigenvalue weighted by Crippen LogP contribution is -2.34. The predicted octanol–water partition coefficient (Wildman–Crippen LogP) is 3.63. The van der Waals surface area contributed by atoms with E-state index in [0.717, 1.165) is 30.9 Å². The number of benzene rings is 1. The quantitative estimate of drug-likeness (QED) is 0.559. The van der Waals surface area contributed by atoms with Gasteiger partial charge in [0, 0.05) is 32.4 Å². The number of aryl methyl sites for hydroxylation is 2. The predicted molar refractivity (Wildman–Crippen MR) is 101 cm³/mol. The van der Waals surface area contributed by atoms with Gasteiger partial charge in [0.2, 0.25) is 11.8 Å². The molecule has 0 amide bonds. The van der Waals surface area contributed by atoms with Crippen molar-refractivity contribution in [2.24, 2.45) is 0 Å². The Morgan fingerprint density at radius 1 is 1.07 bits per heavy atom. The Balaban J connectivity index is 1.51. The maximum Gasteiger partial charge on any atom is 0.233 e. The first-order valence-electron chi connectivity index (χ1n) is 9.21. The van der Waals surface area contributed by atoms with Gasteiger partial charge in [-0.25, -0.2) is 4.98 Å². The van der Waals surface area contributed by atoms with E-state index in [1.54, 1.807) is 0 Å². The first-order valence-corrected chi connectivity index (χ1v) is 9.21. The van der Waals surface area contributed by atoms with Gasteiger partial charge in [0.25, 0.3) is 0 Å². The first-order chi connectivity index (χ1) is 13.2. The van der Waals surface area contributed by atoms with Crippen molar-refractivity contribution < 1.29 is 4.42 Å². The van der Waals surface area contributed by atoms with Crippen molar-refractivity contribution >= 4 is 5.65 Å². The molecule has 4 heterocycles. The van der Waals surface area contributed by atoms with Gasteiger partial charge in [-0.3, -0.25) is 4.90 Å². The number of hydrogen-bond donors (Lipinski definition) is 0. The summed E-state index contributed by atoms with van der Waals surface area (Å²) < 4.78 is 7.89. The number of rotatable bonds is 3. The Bertz CT molecular complexity index is 1110. The highest BCUT2D eigenvalue weighted by Crippen LogP contribution is 2.33. The molecule has 1 aliphatic rings. The van der Waals surface area contributed by atoms with Crippen LogP contribution in [-0.4, -0.2) is 24.5 Å². The maximum absolute atomic E-state index is 5.79. The molecule has 27 heavy (non-hydrogen) atoms. The van der Waals surface area contributed by atoms with Gasteiger partial charge in [0.1, 0.15) is 5.65 Å². The Hall–Kier alpha value is -2.99. The summed E-state index contributed by atoms with van der Waals surface area (Å²) in [5.41, 5.74) is 5.93. The number of nitrogens with zero attached hydrogens (tertiary/aromatic N) is 5. The van der Waals surface area contributed by atoms with Crippen LogP contribution in [0.3, 0.4) is 0 Å². The minimum Gasteiger partial charge on any atom is -0.424 e. The molecule has 0 bridgehead atoms. The van der Waals surface area contributed by atoms with Gasteiger partial charge in [-0.15, -0.1) is 10.2 Å². The van der Waals surface area contributed by atoms with E-state index < -0.39 is 0 Å². The number of pyridine rings is 1. The second-order valence-corrected chi connectivity index (χ2v) is 7.21. The molecule has 0 saturated heterocycles. The standard InChI is InChI=1S/C21H21N5O/c1-14-6-5-9-25-12-18(22-20(14)25)13-26-11-17-8-4-3-7-16(17)10-19(26)21-24-23-15(2)27-21/h3-9,12,19H,10-11,13H2,1-2H3. The van der Waals surface area contributed by atoms with E-state index in [1.165, 1.54) is 16.7 Å². The maximum atomic E-state index is 5.79. The molecule has 136 valence electrons. The fraction of sp³-hybridized carbons (Fsp3) is 0.286. The minimum absolute atomic E-state index is 0.0620. The highest BCUT2D eigenvalue weighted by Gasteiger charge is 2.31. The van der Waals surface area contributed by atoms with Crippen molar-refractivity contribution in [2.45, 2.75) is 39.4 Å². The third-order valence-electron chi connectivity index (χ3n) is 5.27. The number of aromatic nitrogens is 4. The van der Waals surface area contributed by atoms with E-state index in [4.69, 9.17) is 9.40 Å². The van der Waals surface area contributed by atoms with Crippen LogP contribution in [-0.2, 0) is 19.5 Å². The van der Waals surface area contributed by atoms with E-state index in [9.17, 15) is 0 Å². The third kappa shape index (κ3) is 2.92. The monoisotopic (exact) mass is 359 g/mol. The molecule has 0 N–H and O–H groups in total. The molecule has 6 heteroatoms. The fourth-order valence-corrected chi connectivity index (χ4v) is 3.92. The Labute approximate surface area is 157 Å². The molecule has 0 radical (unpaired) electrons. The highest BCUT2D eigenvalue weighted by atomic mass is 16.4. The van der Waals surface area contributed by atoms with Gasteiger partial charge < -0.3 is 8.82 Å². The Morgan fingerprint density at radius 2 is 1.93 bits per heavy atom. The summed E-state index contributed by atoms with van der Waals surface area (Å²) in [7, 11) is 0.